The minimum atomic E-state index is -0.178. The summed E-state index contributed by atoms with van der Waals surface area (Å²) in [5.74, 6) is 0.308. The Morgan fingerprint density at radius 1 is 1.70 bits per heavy atom. The van der Waals surface area contributed by atoms with Gasteiger partial charge in [-0.15, -0.1) is 0 Å². The lowest BCUT2D eigenvalue weighted by atomic mass is 10.6. The summed E-state index contributed by atoms with van der Waals surface area (Å²) in [5, 5.41) is 2.72. The van der Waals surface area contributed by atoms with Crippen LogP contribution in [0.15, 0.2) is 17.3 Å². The summed E-state index contributed by atoms with van der Waals surface area (Å²) in [6.07, 6.45) is -0.178. The van der Waals surface area contributed by atoms with Crippen LogP contribution < -0.4 is 16.8 Å². The molecule has 0 spiro atoms. The highest BCUT2D eigenvalue weighted by Crippen LogP contribution is 1.85. The number of aliphatic imine (C=N–C) groups is 1. The quantitative estimate of drug-likeness (QED) is 0.282. The average Bonchev–Trinajstić information content (AvgIpc) is 1.58. The van der Waals surface area contributed by atoms with Gasteiger partial charge in [-0.3, -0.25) is 0 Å². The molecule has 0 heterocycles. The van der Waals surface area contributed by atoms with Gasteiger partial charge < -0.3 is 16.8 Å². The molecule has 0 saturated carbocycles. The Morgan fingerprint density at radius 3 is 2.50 bits per heavy atom. The van der Waals surface area contributed by atoms with Crippen LogP contribution in [0.3, 0.4) is 0 Å². The number of hydrogen-bond donors (Lipinski definition) is 3. The summed E-state index contributed by atoms with van der Waals surface area (Å²) in [7, 11) is 0. The second-order valence-electron chi connectivity index (χ2n) is 2.17. The summed E-state index contributed by atoms with van der Waals surface area (Å²) < 4.78 is 0. The summed E-state index contributed by atoms with van der Waals surface area (Å²) in [6.45, 7) is 7.09. The molecule has 0 radical (unpaired) electrons. The highest BCUT2D eigenvalue weighted by Gasteiger charge is 1.92. The van der Waals surface area contributed by atoms with Gasteiger partial charge in [0, 0.05) is 5.70 Å². The summed E-state index contributed by atoms with van der Waals surface area (Å²) in [4.78, 5) is 3.83. The molecule has 0 aromatic heterocycles. The number of allylic oxidation sites excluding steroid dienone is 1. The maximum absolute atomic E-state index is 5.37. The number of nitrogens with zero attached hydrogens (tertiary/aromatic N) is 1. The van der Waals surface area contributed by atoms with E-state index in [0.717, 1.165) is 0 Å². The Kier molecular flexibility index (Phi) is 3.49. The van der Waals surface area contributed by atoms with E-state index in [0.29, 0.717) is 11.7 Å². The van der Waals surface area contributed by atoms with Crippen LogP contribution in [0.25, 0.3) is 0 Å². The van der Waals surface area contributed by atoms with Gasteiger partial charge in [0.25, 0.3) is 0 Å². The van der Waals surface area contributed by atoms with Crippen LogP contribution >= 0.6 is 0 Å². The van der Waals surface area contributed by atoms with Gasteiger partial charge in [-0.05, 0) is 13.8 Å². The van der Waals surface area contributed by atoms with Crippen molar-refractivity contribution in [3.63, 3.8) is 0 Å². The fourth-order valence-electron chi connectivity index (χ4n) is 0.471. The van der Waals surface area contributed by atoms with Crippen molar-refractivity contribution in [2.75, 3.05) is 0 Å². The Labute approximate surface area is 61.0 Å². The molecule has 0 bridgehead atoms. The monoisotopic (exact) mass is 142 g/mol. The predicted octanol–water partition coefficient (Wildman–Crippen LogP) is -0.271. The van der Waals surface area contributed by atoms with E-state index >= 15 is 0 Å². The van der Waals surface area contributed by atoms with Crippen molar-refractivity contribution >= 4 is 5.96 Å². The van der Waals surface area contributed by atoms with Gasteiger partial charge in [-0.2, -0.15) is 0 Å². The zero-order valence-electron chi connectivity index (χ0n) is 6.39. The van der Waals surface area contributed by atoms with Gasteiger partial charge >= 0.3 is 0 Å². The molecule has 0 aliphatic heterocycles. The van der Waals surface area contributed by atoms with Crippen LogP contribution in [0.2, 0.25) is 0 Å². The van der Waals surface area contributed by atoms with Crippen LogP contribution in [-0.2, 0) is 0 Å². The maximum Gasteiger partial charge on any atom is 0.194 e. The lowest BCUT2D eigenvalue weighted by Crippen LogP contribution is -2.43. The first kappa shape index (κ1) is 8.97. The highest BCUT2D eigenvalue weighted by atomic mass is 15.2. The fourth-order valence-corrected chi connectivity index (χ4v) is 0.471. The first-order valence-corrected chi connectivity index (χ1v) is 3.04. The molecule has 0 amide bonds. The van der Waals surface area contributed by atoms with Crippen LogP contribution in [0.1, 0.15) is 13.8 Å². The van der Waals surface area contributed by atoms with Gasteiger partial charge in [0.2, 0.25) is 0 Å². The van der Waals surface area contributed by atoms with E-state index in [1.807, 2.05) is 0 Å². The van der Waals surface area contributed by atoms with Crippen LogP contribution in [0, 0.1) is 0 Å². The average molecular weight is 142 g/mol. The van der Waals surface area contributed by atoms with E-state index < -0.39 is 0 Å². The van der Waals surface area contributed by atoms with Gasteiger partial charge in [-0.25, -0.2) is 4.99 Å². The topological polar surface area (TPSA) is 76.4 Å². The molecule has 0 saturated heterocycles. The third kappa shape index (κ3) is 5.11. The molecular formula is C6H14N4. The zero-order chi connectivity index (χ0) is 8.15. The second kappa shape index (κ2) is 3.90. The minimum absolute atomic E-state index is 0.178. The largest absolute Gasteiger partial charge is 0.370 e. The van der Waals surface area contributed by atoms with E-state index in [2.05, 4.69) is 16.9 Å². The van der Waals surface area contributed by atoms with Crippen molar-refractivity contribution in [1.29, 1.82) is 0 Å². The molecule has 4 heteroatoms. The van der Waals surface area contributed by atoms with Gasteiger partial charge in [0.05, 0.1) is 6.17 Å². The smallest absolute Gasteiger partial charge is 0.194 e. The Morgan fingerprint density at radius 2 is 2.20 bits per heavy atom. The van der Waals surface area contributed by atoms with Gasteiger partial charge in [-0.1, -0.05) is 6.58 Å². The van der Waals surface area contributed by atoms with Crippen LogP contribution in [0.5, 0.6) is 0 Å². The number of hydrogen-bond acceptors (Lipinski definition) is 2. The molecule has 0 rings (SSSR count). The molecule has 10 heavy (non-hydrogen) atoms. The van der Waals surface area contributed by atoms with Crippen molar-refractivity contribution < 1.29 is 0 Å². The number of guanidine groups is 1. The van der Waals surface area contributed by atoms with E-state index in [9.17, 15) is 0 Å². The molecule has 4 nitrogen and oxygen atoms in total. The highest BCUT2D eigenvalue weighted by molar-refractivity contribution is 5.78. The molecule has 0 aromatic rings. The minimum Gasteiger partial charge on any atom is -0.370 e. The Balaban J connectivity index is 3.83. The normalized spacial score (nSPS) is 14.5. The molecule has 0 aromatic carbocycles. The van der Waals surface area contributed by atoms with Crippen molar-refractivity contribution in [2.24, 2.45) is 16.5 Å². The standard InChI is InChI=1S/C6H14N4/c1-4(2)9-6(8)10-5(3)7/h5H,1,7H2,2-3H3,(H3,8,9,10). The van der Waals surface area contributed by atoms with Crippen molar-refractivity contribution in [3.8, 4) is 0 Å². The molecule has 1 atom stereocenters. The van der Waals surface area contributed by atoms with Crippen molar-refractivity contribution in [1.82, 2.24) is 5.32 Å². The summed E-state index contributed by atoms with van der Waals surface area (Å²) in [5.41, 5.74) is 11.4. The van der Waals surface area contributed by atoms with E-state index in [-0.39, 0.29) is 6.17 Å². The van der Waals surface area contributed by atoms with Crippen molar-refractivity contribution in [3.05, 3.63) is 12.3 Å². The third-order valence-corrected chi connectivity index (χ3v) is 0.687. The maximum atomic E-state index is 5.37. The molecular weight excluding hydrogens is 128 g/mol. The molecule has 0 fully saturated rings. The SMILES string of the molecule is C=C(C)/N=C(/N)NC(C)N. The number of rotatable bonds is 2. The lowest BCUT2D eigenvalue weighted by molar-refractivity contribution is 0.693. The molecule has 58 valence electrons. The van der Waals surface area contributed by atoms with Gasteiger partial charge in [0.1, 0.15) is 0 Å². The van der Waals surface area contributed by atoms with E-state index in [1.54, 1.807) is 13.8 Å². The Bertz CT molecular complexity index is 148. The molecule has 0 aliphatic rings. The zero-order valence-corrected chi connectivity index (χ0v) is 6.39. The van der Waals surface area contributed by atoms with Crippen LogP contribution in [-0.4, -0.2) is 12.1 Å². The lowest BCUT2D eigenvalue weighted by Gasteiger charge is -2.07. The fraction of sp³-hybridized carbons (Fsp3) is 0.500. The first-order valence-electron chi connectivity index (χ1n) is 3.04. The first-order chi connectivity index (χ1) is 4.52. The van der Waals surface area contributed by atoms with E-state index in [4.69, 9.17) is 11.5 Å². The van der Waals surface area contributed by atoms with Crippen LogP contribution in [0.4, 0.5) is 0 Å². The summed E-state index contributed by atoms with van der Waals surface area (Å²) in [6, 6.07) is 0. The molecule has 0 aliphatic carbocycles. The predicted molar refractivity (Wildman–Crippen MR) is 43.2 cm³/mol. The number of nitrogens with one attached hydrogen (secondary N) is 1. The summed E-state index contributed by atoms with van der Waals surface area (Å²) >= 11 is 0. The Hall–Kier alpha value is -1.03. The van der Waals surface area contributed by atoms with Gasteiger partial charge in [0.15, 0.2) is 5.96 Å². The van der Waals surface area contributed by atoms with E-state index in [1.165, 1.54) is 0 Å². The molecule has 5 N–H and O–H groups in total. The second-order valence-corrected chi connectivity index (χ2v) is 2.17. The third-order valence-electron chi connectivity index (χ3n) is 0.687. The van der Waals surface area contributed by atoms with Crippen molar-refractivity contribution in [2.45, 2.75) is 20.0 Å². The molecule has 1 unspecified atom stereocenters. The number of nitrogens with two attached hydrogens (primary N) is 2.